The number of likely N-dealkylation sites (tertiary alicyclic amines) is 2. The second-order valence-electron chi connectivity index (χ2n) is 8.80. The van der Waals surface area contributed by atoms with Gasteiger partial charge in [-0.05, 0) is 45.8 Å². The molecule has 1 amide bonds. The summed E-state index contributed by atoms with van der Waals surface area (Å²) in [5, 5.41) is 3.14. The van der Waals surface area contributed by atoms with Crippen LogP contribution in [0.1, 0.15) is 43.5 Å². The molecule has 2 saturated heterocycles. The van der Waals surface area contributed by atoms with Gasteiger partial charge in [-0.1, -0.05) is 0 Å². The van der Waals surface area contributed by atoms with E-state index < -0.39 is 11.8 Å². The standard InChI is InChI=1S/C20H29F2N5O/c1-14-8-16(24-13-23-14)11-27-6-3-5-19(12-27)17(4-7-26(19)2)25-18(28)15-9-20(21,22)10-15/h8,13,15,17H,3-7,9-12H2,1-2H3,(H,25,28). The number of halogens is 2. The maximum Gasteiger partial charge on any atom is 0.249 e. The predicted octanol–water partition coefficient (Wildman–Crippen LogP) is 1.99. The van der Waals surface area contributed by atoms with Gasteiger partial charge in [0.05, 0.1) is 11.2 Å². The Morgan fingerprint density at radius 1 is 1.32 bits per heavy atom. The predicted molar refractivity (Wildman–Crippen MR) is 101 cm³/mol. The van der Waals surface area contributed by atoms with E-state index in [0.29, 0.717) is 0 Å². The first-order valence-electron chi connectivity index (χ1n) is 10.2. The molecule has 3 aliphatic rings. The lowest BCUT2D eigenvalue weighted by atomic mass is 9.79. The monoisotopic (exact) mass is 393 g/mol. The topological polar surface area (TPSA) is 61.4 Å². The normalized spacial score (nSPS) is 31.1. The first-order valence-corrected chi connectivity index (χ1v) is 10.2. The number of aromatic nitrogens is 2. The molecule has 4 rings (SSSR count). The van der Waals surface area contributed by atoms with Gasteiger partial charge in [0.25, 0.3) is 0 Å². The second kappa shape index (κ2) is 7.30. The number of rotatable bonds is 4. The summed E-state index contributed by atoms with van der Waals surface area (Å²) in [4.78, 5) is 25.8. The summed E-state index contributed by atoms with van der Waals surface area (Å²) in [6.45, 7) is 5.47. The Labute approximate surface area is 164 Å². The quantitative estimate of drug-likeness (QED) is 0.848. The van der Waals surface area contributed by atoms with Gasteiger partial charge in [0.2, 0.25) is 11.8 Å². The fraction of sp³-hybridized carbons (Fsp3) is 0.750. The van der Waals surface area contributed by atoms with E-state index in [1.54, 1.807) is 6.33 Å². The van der Waals surface area contributed by atoms with Crippen molar-refractivity contribution in [2.24, 2.45) is 5.92 Å². The highest BCUT2D eigenvalue weighted by atomic mass is 19.3. The number of amides is 1. The molecule has 3 heterocycles. The van der Waals surface area contributed by atoms with Gasteiger partial charge in [-0.25, -0.2) is 18.7 Å². The van der Waals surface area contributed by atoms with Crippen molar-refractivity contribution in [2.75, 3.05) is 26.7 Å². The van der Waals surface area contributed by atoms with E-state index in [0.717, 1.165) is 56.8 Å². The highest BCUT2D eigenvalue weighted by Crippen LogP contribution is 2.43. The van der Waals surface area contributed by atoms with Crippen molar-refractivity contribution in [1.29, 1.82) is 0 Å². The number of likely N-dealkylation sites (N-methyl/N-ethyl adjacent to an activating group) is 1. The third-order valence-corrected chi connectivity index (χ3v) is 6.77. The molecule has 2 aliphatic heterocycles. The van der Waals surface area contributed by atoms with Crippen LogP contribution in [0.5, 0.6) is 0 Å². The van der Waals surface area contributed by atoms with Crippen molar-refractivity contribution in [3.8, 4) is 0 Å². The number of hydrogen-bond donors (Lipinski definition) is 1. The zero-order valence-corrected chi connectivity index (χ0v) is 16.6. The van der Waals surface area contributed by atoms with E-state index in [-0.39, 0.29) is 30.3 Å². The van der Waals surface area contributed by atoms with Crippen molar-refractivity contribution in [3.63, 3.8) is 0 Å². The average molecular weight is 393 g/mol. The molecule has 6 nitrogen and oxygen atoms in total. The Morgan fingerprint density at radius 2 is 2.11 bits per heavy atom. The minimum absolute atomic E-state index is 0.00848. The van der Waals surface area contributed by atoms with Gasteiger partial charge in [-0.15, -0.1) is 0 Å². The van der Waals surface area contributed by atoms with Gasteiger partial charge in [-0.3, -0.25) is 14.6 Å². The maximum atomic E-state index is 13.2. The van der Waals surface area contributed by atoms with Crippen LogP contribution in [0.15, 0.2) is 12.4 Å². The summed E-state index contributed by atoms with van der Waals surface area (Å²) >= 11 is 0. The minimum atomic E-state index is -2.66. The van der Waals surface area contributed by atoms with E-state index in [9.17, 15) is 13.6 Å². The average Bonchev–Trinajstić information content (AvgIpc) is 2.89. The van der Waals surface area contributed by atoms with Crippen molar-refractivity contribution in [1.82, 2.24) is 25.1 Å². The van der Waals surface area contributed by atoms with Gasteiger partial charge in [0.1, 0.15) is 6.33 Å². The van der Waals surface area contributed by atoms with Crippen molar-refractivity contribution < 1.29 is 13.6 Å². The fourth-order valence-corrected chi connectivity index (χ4v) is 5.13. The summed E-state index contributed by atoms with van der Waals surface area (Å²) in [6.07, 6.45) is 3.90. The molecule has 2 atom stereocenters. The molecule has 3 fully saturated rings. The van der Waals surface area contributed by atoms with E-state index >= 15 is 0 Å². The molecule has 8 heteroatoms. The SMILES string of the molecule is Cc1cc(CN2CCCC3(C2)C(NC(=O)C2CC(F)(F)C2)CCN3C)ncn1. The summed E-state index contributed by atoms with van der Waals surface area (Å²) in [5.74, 6) is -3.40. The largest absolute Gasteiger partial charge is 0.351 e. The minimum Gasteiger partial charge on any atom is -0.351 e. The zero-order chi connectivity index (χ0) is 19.9. The smallest absolute Gasteiger partial charge is 0.249 e. The summed E-state index contributed by atoms with van der Waals surface area (Å²) in [7, 11) is 2.11. The second-order valence-corrected chi connectivity index (χ2v) is 8.80. The molecule has 1 aromatic rings. The molecule has 1 spiro atoms. The molecule has 0 bridgehead atoms. The van der Waals surface area contributed by atoms with E-state index in [2.05, 4.69) is 32.1 Å². The van der Waals surface area contributed by atoms with Crippen LogP contribution in [0.25, 0.3) is 0 Å². The number of nitrogens with zero attached hydrogens (tertiary/aromatic N) is 4. The Hall–Kier alpha value is -1.67. The van der Waals surface area contributed by atoms with Crippen LogP contribution in [0.2, 0.25) is 0 Å². The van der Waals surface area contributed by atoms with Crippen molar-refractivity contribution >= 4 is 5.91 Å². The summed E-state index contributed by atoms with van der Waals surface area (Å²) in [6, 6.07) is 2.02. The van der Waals surface area contributed by atoms with Crippen LogP contribution >= 0.6 is 0 Å². The molecule has 0 aromatic carbocycles. The highest BCUT2D eigenvalue weighted by molar-refractivity contribution is 5.80. The molecule has 0 radical (unpaired) electrons. The van der Waals surface area contributed by atoms with E-state index in [4.69, 9.17) is 0 Å². The Balaban J connectivity index is 1.43. The molecular weight excluding hydrogens is 364 g/mol. The van der Waals surface area contributed by atoms with Gasteiger partial charge in [-0.2, -0.15) is 0 Å². The third kappa shape index (κ3) is 3.76. The van der Waals surface area contributed by atoms with Gasteiger partial charge in [0.15, 0.2) is 0 Å². The molecule has 1 aliphatic carbocycles. The number of hydrogen-bond acceptors (Lipinski definition) is 5. The van der Waals surface area contributed by atoms with Crippen LogP contribution in [0.4, 0.5) is 8.78 Å². The van der Waals surface area contributed by atoms with Gasteiger partial charge < -0.3 is 5.32 Å². The maximum absolute atomic E-state index is 13.2. The Kier molecular flexibility index (Phi) is 5.12. The van der Waals surface area contributed by atoms with Crippen molar-refractivity contribution in [3.05, 3.63) is 23.8 Å². The van der Waals surface area contributed by atoms with E-state index in [1.807, 2.05) is 13.0 Å². The zero-order valence-electron chi connectivity index (χ0n) is 16.6. The molecule has 28 heavy (non-hydrogen) atoms. The molecule has 1 N–H and O–H groups in total. The number of alkyl halides is 2. The van der Waals surface area contributed by atoms with Gasteiger partial charge >= 0.3 is 0 Å². The lowest BCUT2D eigenvalue weighted by Crippen LogP contribution is -2.64. The lowest BCUT2D eigenvalue weighted by molar-refractivity contribution is -0.151. The summed E-state index contributed by atoms with van der Waals surface area (Å²) in [5.41, 5.74) is 1.82. The first-order chi connectivity index (χ1) is 13.3. The highest BCUT2D eigenvalue weighted by Gasteiger charge is 2.53. The number of nitrogens with one attached hydrogen (secondary N) is 1. The molecule has 1 saturated carbocycles. The molecule has 1 aromatic heterocycles. The van der Waals surface area contributed by atoms with Crippen molar-refractivity contribution in [2.45, 2.75) is 63.1 Å². The summed E-state index contributed by atoms with van der Waals surface area (Å²) < 4.78 is 26.3. The first kappa shape index (κ1) is 19.6. The van der Waals surface area contributed by atoms with Crippen LogP contribution in [0, 0.1) is 12.8 Å². The Bertz CT molecular complexity index is 737. The number of piperidine rings is 1. The number of aryl methyl sites for hydroxylation is 1. The van der Waals surface area contributed by atoms with Crippen LogP contribution in [0.3, 0.4) is 0 Å². The molecular formula is C20H29F2N5O. The molecule has 154 valence electrons. The van der Waals surface area contributed by atoms with Crippen LogP contribution < -0.4 is 5.32 Å². The number of carbonyl (C=O) groups is 1. The molecule has 2 unspecified atom stereocenters. The van der Waals surface area contributed by atoms with Crippen LogP contribution in [-0.2, 0) is 11.3 Å². The fourth-order valence-electron chi connectivity index (χ4n) is 5.13. The lowest BCUT2D eigenvalue weighted by Gasteiger charge is -2.48. The third-order valence-electron chi connectivity index (χ3n) is 6.77. The Morgan fingerprint density at radius 3 is 2.82 bits per heavy atom. The van der Waals surface area contributed by atoms with Crippen LogP contribution in [-0.4, -0.2) is 69.9 Å². The van der Waals surface area contributed by atoms with Gasteiger partial charge in [0, 0.05) is 50.1 Å². The van der Waals surface area contributed by atoms with E-state index in [1.165, 1.54) is 0 Å². The number of carbonyl (C=O) groups excluding carboxylic acids is 1.